The molecule has 0 atom stereocenters. The third-order valence-electron chi connectivity index (χ3n) is 3.23. The van der Waals surface area contributed by atoms with Crippen LogP contribution in [0.2, 0.25) is 0 Å². The van der Waals surface area contributed by atoms with E-state index in [0.29, 0.717) is 13.0 Å². The van der Waals surface area contributed by atoms with E-state index in [0.717, 1.165) is 34.9 Å². The SMILES string of the molecule is Cc1csc(CCCC(=O)NCc2cccnc2N(C)C)n1. The van der Waals surface area contributed by atoms with Gasteiger partial charge in [-0.3, -0.25) is 4.79 Å². The third kappa shape index (κ3) is 4.80. The molecule has 118 valence electrons. The topological polar surface area (TPSA) is 58.1 Å². The van der Waals surface area contributed by atoms with E-state index >= 15 is 0 Å². The highest BCUT2D eigenvalue weighted by molar-refractivity contribution is 7.09. The summed E-state index contributed by atoms with van der Waals surface area (Å²) in [4.78, 5) is 22.6. The molecule has 6 heteroatoms. The van der Waals surface area contributed by atoms with Crippen molar-refractivity contribution in [2.45, 2.75) is 32.7 Å². The molecular formula is C16H22N4OS. The highest BCUT2D eigenvalue weighted by Crippen LogP contribution is 2.14. The van der Waals surface area contributed by atoms with Crippen LogP contribution in [0.25, 0.3) is 0 Å². The largest absolute Gasteiger partial charge is 0.362 e. The summed E-state index contributed by atoms with van der Waals surface area (Å²) in [6.07, 6.45) is 3.97. The van der Waals surface area contributed by atoms with E-state index in [1.807, 2.05) is 43.4 Å². The molecule has 22 heavy (non-hydrogen) atoms. The summed E-state index contributed by atoms with van der Waals surface area (Å²) in [7, 11) is 3.90. The first-order valence-corrected chi connectivity index (χ1v) is 8.23. The maximum atomic E-state index is 11.9. The summed E-state index contributed by atoms with van der Waals surface area (Å²) in [6.45, 7) is 2.50. The smallest absolute Gasteiger partial charge is 0.220 e. The van der Waals surface area contributed by atoms with Gasteiger partial charge in [-0.25, -0.2) is 9.97 Å². The molecule has 2 aromatic rings. The third-order valence-corrected chi connectivity index (χ3v) is 4.25. The van der Waals surface area contributed by atoms with Gasteiger partial charge in [0, 0.05) is 49.9 Å². The molecule has 0 saturated heterocycles. The van der Waals surface area contributed by atoms with Gasteiger partial charge < -0.3 is 10.2 Å². The summed E-state index contributed by atoms with van der Waals surface area (Å²) in [5.74, 6) is 0.961. The van der Waals surface area contributed by atoms with Crippen LogP contribution in [0.1, 0.15) is 29.1 Å². The molecule has 0 fully saturated rings. The lowest BCUT2D eigenvalue weighted by Crippen LogP contribution is -2.24. The molecule has 0 spiro atoms. The Balaban J connectivity index is 1.76. The zero-order valence-corrected chi connectivity index (χ0v) is 14.1. The minimum Gasteiger partial charge on any atom is -0.362 e. The lowest BCUT2D eigenvalue weighted by molar-refractivity contribution is -0.121. The van der Waals surface area contributed by atoms with E-state index in [9.17, 15) is 4.79 Å². The Bertz CT molecular complexity index is 624. The van der Waals surface area contributed by atoms with Crippen molar-refractivity contribution < 1.29 is 4.79 Å². The number of carbonyl (C=O) groups is 1. The van der Waals surface area contributed by atoms with Gasteiger partial charge in [0.1, 0.15) is 5.82 Å². The molecule has 0 aliphatic heterocycles. The van der Waals surface area contributed by atoms with Gasteiger partial charge in [0.25, 0.3) is 0 Å². The van der Waals surface area contributed by atoms with Crippen molar-refractivity contribution in [3.8, 4) is 0 Å². The lowest BCUT2D eigenvalue weighted by Gasteiger charge is -2.16. The van der Waals surface area contributed by atoms with Crippen molar-refractivity contribution in [3.63, 3.8) is 0 Å². The monoisotopic (exact) mass is 318 g/mol. The molecule has 1 N–H and O–H groups in total. The molecule has 5 nitrogen and oxygen atoms in total. The number of thiazole rings is 1. The number of rotatable bonds is 7. The van der Waals surface area contributed by atoms with Crippen LogP contribution < -0.4 is 10.2 Å². The number of carbonyl (C=O) groups excluding carboxylic acids is 1. The second-order valence-corrected chi connectivity index (χ2v) is 6.34. The summed E-state index contributed by atoms with van der Waals surface area (Å²) in [5, 5.41) is 6.11. The first-order chi connectivity index (χ1) is 10.6. The van der Waals surface area contributed by atoms with Crippen LogP contribution in [0.15, 0.2) is 23.7 Å². The zero-order valence-electron chi connectivity index (χ0n) is 13.3. The van der Waals surface area contributed by atoms with Crippen LogP contribution in [0.4, 0.5) is 5.82 Å². The van der Waals surface area contributed by atoms with E-state index < -0.39 is 0 Å². The van der Waals surface area contributed by atoms with E-state index in [4.69, 9.17) is 0 Å². The van der Waals surface area contributed by atoms with Gasteiger partial charge >= 0.3 is 0 Å². The number of nitrogens with one attached hydrogen (secondary N) is 1. The second-order valence-electron chi connectivity index (χ2n) is 5.39. The predicted octanol–water partition coefficient (Wildman–Crippen LogP) is 2.55. The molecule has 0 aliphatic carbocycles. The fourth-order valence-electron chi connectivity index (χ4n) is 2.17. The van der Waals surface area contributed by atoms with Gasteiger partial charge in [-0.05, 0) is 25.8 Å². The minimum atomic E-state index is 0.0711. The summed E-state index contributed by atoms with van der Waals surface area (Å²) in [6, 6.07) is 3.88. The van der Waals surface area contributed by atoms with Crippen LogP contribution in [0.3, 0.4) is 0 Å². The molecule has 0 radical (unpaired) electrons. The molecule has 0 aromatic carbocycles. The lowest BCUT2D eigenvalue weighted by atomic mass is 10.2. The molecule has 0 saturated carbocycles. The van der Waals surface area contributed by atoms with E-state index in [1.54, 1.807) is 17.5 Å². The quantitative estimate of drug-likeness (QED) is 0.852. The highest BCUT2D eigenvalue weighted by atomic mass is 32.1. The second kappa shape index (κ2) is 7.89. The van der Waals surface area contributed by atoms with E-state index in [1.165, 1.54) is 0 Å². The summed E-state index contributed by atoms with van der Waals surface area (Å²) in [5.41, 5.74) is 2.08. The maximum absolute atomic E-state index is 11.9. The van der Waals surface area contributed by atoms with Crippen LogP contribution in [0.5, 0.6) is 0 Å². The maximum Gasteiger partial charge on any atom is 0.220 e. The Morgan fingerprint density at radius 2 is 2.23 bits per heavy atom. The fourth-order valence-corrected chi connectivity index (χ4v) is 2.99. The minimum absolute atomic E-state index is 0.0711. The number of pyridine rings is 1. The highest BCUT2D eigenvalue weighted by Gasteiger charge is 2.08. The molecular weight excluding hydrogens is 296 g/mol. The number of hydrogen-bond acceptors (Lipinski definition) is 5. The normalized spacial score (nSPS) is 10.5. The van der Waals surface area contributed by atoms with Crippen LogP contribution in [-0.4, -0.2) is 30.0 Å². The van der Waals surface area contributed by atoms with Crippen molar-refractivity contribution >= 4 is 23.1 Å². The van der Waals surface area contributed by atoms with Crippen LogP contribution >= 0.6 is 11.3 Å². The number of aryl methyl sites for hydroxylation is 2. The standard InChI is InChI=1S/C16H22N4OS/c1-12-11-22-15(19-12)8-4-7-14(21)18-10-13-6-5-9-17-16(13)20(2)3/h5-6,9,11H,4,7-8,10H2,1-3H3,(H,18,21). The van der Waals surface area contributed by atoms with Gasteiger partial charge in [-0.2, -0.15) is 0 Å². The van der Waals surface area contributed by atoms with Crippen molar-refractivity contribution in [2.24, 2.45) is 0 Å². The van der Waals surface area contributed by atoms with Gasteiger partial charge in [0.05, 0.1) is 5.01 Å². The van der Waals surface area contributed by atoms with Crippen molar-refractivity contribution in [3.05, 3.63) is 40.0 Å². The number of anilines is 1. The van der Waals surface area contributed by atoms with Gasteiger partial charge in [0.2, 0.25) is 5.91 Å². The Hall–Kier alpha value is -1.95. The van der Waals surface area contributed by atoms with E-state index in [-0.39, 0.29) is 5.91 Å². The van der Waals surface area contributed by atoms with Crippen molar-refractivity contribution in [1.82, 2.24) is 15.3 Å². The Kier molecular flexibility index (Phi) is 5.89. The van der Waals surface area contributed by atoms with Crippen LogP contribution in [0, 0.1) is 6.92 Å². The van der Waals surface area contributed by atoms with Crippen molar-refractivity contribution in [1.29, 1.82) is 0 Å². The molecule has 0 bridgehead atoms. The molecule has 2 rings (SSSR count). The molecule has 1 amide bonds. The molecule has 0 aliphatic rings. The molecule has 2 aromatic heterocycles. The zero-order chi connectivity index (χ0) is 15.9. The van der Waals surface area contributed by atoms with Crippen molar-refractivity contribution in [2.75, 3.05) is 19.0 Å². The van der Waals surface area contributed by atoms with E-state index in [2.05, 4.69) is 15.3 Å². The average molecular weight is 318 g/mol. The Morgan fingerprint density at radius 3 is 2.91 bits per heavy atom. The predicted molar refractivity (Wildman–Crippen MR) is 90.2 cm³/mol. The van der Waals surface area contributed by atoms with Crippen LogP contribution in [-0.2, 0) is 17.8 Å². The van der Waals surface area contributed by atoms with Gasteiger partial charge in [0.15, 0.2) is 0 Å². The number of amides is 1. The summed E-state index contributed by atoms with van der Waals surface area (Å²) >= 11 is 1.66. The first kappa shape index (κ1) is 16.4. The first-order valence-electron chi connectivity index (χ1n) is 7.35. The molecule has 2 heterocycles. The average Bonchev–Trinajstić information content (AvgIpc) is 2.91. The Labute approximate surface area is 135 Å². The number of hydrogen-bond donors (Lipinski definition) is 1. The summed E-state index contributed by atoms with van der Waals surface area (Å²) < 4.78 is 0. The number of nitrogens with zero attached hydrogens (tertiary/aromatic N) is 3. The van der Waals surface area contributed by atoms with Gasteiger partial charge in [-0.15, -0.1) is 11.3 Å². The molecule has 0 unspecified atom stereocenters. The van der Waals surface area contributed by atoms with Gasteiger partial charge in [-0.1, -0.05) is 6.07 Å². The Morgan fingerprint density at radius 1 is 1.41 bits per heavy atom. The number of aromatic nitrogens is 2. The fraction of sp³-hybridized carbons (Fsp3) is 0.438.